The molecule has 6 nitrogen and oxygen atoms in total. The van der Waals surface area contributed by atoms with E-state index in [1.54, 1.807) is 0 Å². The van der Waals surface area contributed by atoms with Gasteiger partial charge in [-0.15, -0.1) is 0 Å². The molecular formula is C126H82N6. The second kappa shape index (κ2) is 31.2. The van der Waals surface area contributed by atoms with Gasteiger partial charge < -0.3 is 27.4 Å². The summed E-state index contributed by atoms with van der Waals surface area (Å²) in [4.78, 5) is 0. The molecule has 0 aliphatic rings. The standard InChI is InChI=1S/C46H30N2.2C40H26N2/c1-2-10-31(11-3-1)33-18-23-37(24-19-33)47-43-16-8-6-14-39(43)41-29-35(21-26-45(41)47)36-22-27-46-42(30-36)40-15-7-9-17-44(40)48(46)38-25-20-32-12-4-5-13-34(32)28-38;1-2-13-30(14-3-1)41-37-18-8-6-16-32(37)34-25-28(21-23-39(34)41)29-22-24-40-35(26-29)33-17-7-9-19-38(33)42(40)36-20-10-12-27-11-4-5-15-31(27)36;1-2-12-31(13-3-1)41-37-16-8-6-14-33(37)35-25-29(19-22-39(35)41)30-20-23-40-36(26-30)34-15-7-9-17-38(34)42(40)32-21-18-27-10-4-5-11-28(27)24-32/h1-30H;2*1-26H. The molecule has 0 saturated heterocycles. The van der Waals surface area contributed by atoms with Crippen molar-refractivity contribution in [1.29, 1.82) is 0 Å². The summed E-state index contributed by atoms with van der Waals surface area (Å²) in [5, 5.41) is 22.7. The molecule has 0 radical (unpaired) electrons. The molecule has 28 rings (SSSR count). The topological polar surface area (TPSA) is 29.6 Å². The van der Waals surface area contributed by atoms with Crippen LogP contribution in [-0.2, 0) is 0 Å². The minimum Gasteiger partial charge on any atom is -0.309 e. The first-order valence-corrected chi connectivity index (χ1v) is 45.4. The van der Waals surface area contributed by atoms with Gasteiger partial charge in [0.05, 0.1) is 71.9 Å². The molecule has 0 bridgehead atoms. The van der Waals surface area contributed by atoms with Gasteiger partial charge in [-0.1, -0.05) is 322 Å². The van der Waals surface area contributed by atoms with E-state index in [0.29, 0.717) is 0 Å². The Morgan fingerprint density at radius 2 is 0.318 bits per heavy atom. The Hall–Kier alpha value is -17.6. The first kappa shape index (κ1) is 75.7. The summed E-state index contributed by atoms with van der Waals surface area (Å²) in [5.74, 6) is 0. The molecule has 6 aromatic heterocycles. The Bertz CT molecular complexity index is 9450. The van der Waals surface area contributed by atoms with Crippen LogP contribution < -0.4 is 0 Å². The average Bonchev–Trinajstić information content (AvgIpc) is 1.58. The van der Waals surface area contributed by atoms with Crippen molar-refractivity contribution in [3.8, 4) is 78.6 Å². The predicted molar refractivity (Wildman–Crippen MR) is 560 cm³/mol. The SMILES string of the molecule is c1ccc(-c2ccc(-n3c4ccccc4c4cc(-c5ccc6c(c5)c5ccccc5n6-c5ccc6ccccc6c5)ccc43)cc2)cc1.c1ccc(-n2c3ccccc3c3cc(-c4ccc5c(c4)c4ccccc4n5-c4ccc5ccccc5c4)ccc32)cc1.c1ccc(-n2c3ccccc3c3cc(-c4ccc5c(c4)c4ccccc4n5-c4cccc5ccccc45)ccc32)cc1. The highest BCUT2D eigenvalue weighted by atomic mass is 15.0. The molecule has 132 heavy (non-hydrogen) atoms. The maximum Gasteiger partial charge on any atom is 0.0541 e. The van der Waals surface area contributed by atoms with Crippen molar-refractivity contribution >= 4 is 163 Å². The van der Waals surface area contributed by atoms with Gasteiger partial charge in [0.25, 0.3) is 0 Å². The third kappa shape index (κ3) is 12.6. The van der Waals surface area contributed by atoms with Crippen LogP contribution in [0.2, 0.25) is 0 Å². The lowest BCUT2D eigenvalue weighted by atomic mass is 10.0. The normalized spacial score (nSPS) is 11.8. The highest BCUT2D eigenvalue weighted by molar-refractivity contribution is 6.18. The third-order valence-corrected chi connectivity index (χ3v) is 27.3. The molecule has 0 amide bonds. The molecule has 0 saturated carbocycles. The Balaban J connectivity index is 0.000000104. The Morgan fingerprint density at radius 1 is 0.0985 bits per heavy atom. The van der Waals surface area contributed by atoms with E-state index in [0.717, 1.165) is 5.69 Å². The lowest BCUT2D eigenvalue weighted by molar-refractivity contribution is 1.18. The fourth-order valence-corrected chi connectivity index (χ4v) is 21.2. The number of hydrogen-bond acceptors (Lipinski definition) is 0. The maximum absolute atomic E-state index is 2.42. The first-order chi connectivity index (χ1) is 65.5. The van der Waals surface area contributed by atoms with Crippen LogP contribution in [0.4, 0.5) is 0 Å². The van der Waals surface area contributed by atoms with Gasteiger partial charge in [-0.3, -0.25) is 0 Å². The van der Waals surface area contributed by atoms with Crippen LogP contribution in [0, 0.1) is 0 Å². The molecule has 0 aliphatic carbocycles. The fraction of sp³-hybridized carbons (Fsp3) is 0. The zero-order valence-electron chi connectivity index (χ0n) is 72.0. The third-order valence-electron chi connectivity index (χ3n) is 27.3. The van der Waals surface area contributed by atoms with Gasteiger partial charge in [-0.2, -0.15) is 0 Å². The quantitative estimate of drug-likeness (QED) is 0.131. The first-order valence-electron chi connectivity index (χ1n) is 45.4. The molecule has 0 unspecified atom stereocenters. The summed E-state index contributed by atoms with van der Waals surface area (Å²) < 4.78 is 14.4. The van der Waals surface area contributed by atoms with Crippen molar-refractivity contribution in [3.05, 3.63) is 497 Å². The van der Waals surface area contributed by atoms with E-state index in [4.69, 9.17) is 0 Å². The van der Waals surface area contributed by atoms with Crippen LogP contribution in [0.25, 0.3) is 242 Å². The van der Waals surface area contributed by atoms with Crippen molar-refractivity contribution in [3.63, 3.8) is 0 Å². The number of aromatic nitrogens is 6. The van der Waals surface area contributed by atoms with Gasteiger partial charge in [0, 0.05) is 98.5 Å². The number of benzene rings is 22. The molecule has 0 fully saturated rings. The summed E-state index contributed by atoms with van der Waals surface area (Å²) in [5.41, 5.74) is 31.5. The van der Waals surface area contributed by atoms with Crippen molar-refractivity contribution < 1.29 is 0 Å². The van der Waals surface area contributed by atoms with Gasteiger partial charge in [0.2, 0.25) is 0 Å². The van der Waals surface area contributed by atoms with Crippen LogP contribution in [0.5, 0.6) is 0 Å². The average molecular weight is 1680 g/mol. The Labute approximate surface area is 761 Å². The summed E-state index contributed by atoms with van der Waals surface area (Å²) >= 11 is 0. The summed E-state index contributed by atoms with van der Waals surface area (Å²) in [6, 6.07) is 181. The van der Waals surface area contributed by atoms with Crippen LogP contribution in [-0.4, -0.2) is 27.4 Å². The van der Waals surface area contributed by atoms with Gasteiger partial charge in [-0.25, -0.2) is 0 Å². The van der Waals surface area contributed by atoms with Gasteiger partial charge >= 0.3 is 0 Å². The molecular weight excluding hydrogens is 1600 g/mol. The lowest BCUT2D eigenvalue weighted by Crippen LogP contribution is -1.95. The Kier molecular flexibility index (Phi) is 17.9. The number of rotatable bonds is 10. The molecule has 22 aromatic carbocycles. The largest absolute Gasteiger partial charge is 0.309 e. The molecule has 0 aliphatic heterocycles. The second-order valence-electron chi connectivity index (χ2n) is 34.7. The van der Waals surface area contributed by atoms with Gasteiger partial charge in [-0.05, 0) is 247 Å². The van der Waals surface area contributed by atoms with E-state index in [1.807, 2.05) is 0 Å². The maximum atomic E-state index is 2.42. The predicted octanol–water partition coefficient (Wildman–Crippen LogP) is 33.8. The van der Waals surface area contributed by atoms with E-state index in [9.17, 15) is 0 Å². The number of hydrogen-bond donors (Lipinski definition) is 0. The smallest absolute Gasteiger partial charge is 0.0541 e. The highest BCUT2D eigenvalue weighted by Crippen LogP contribution is 2.45. The van der Waals surface area contributed by atoms with Crippen LogP contribution in [0.3, 0.4) is 0 Å². The zero-order chi connectivity index (χ0) is 86.9. The van der Waals surface area contributed by atoms with Crippen LogP contribution in [0.1, 0.15) is 0 Å². The molecule has 6 heterocycles. The molecule has 28 aromatic rings. The van der Waals surface area contributed by atoms with Crippen molar-refractivity contribution in [2.75, 3.05) is 0 Å². The van der Waals surface area contributed by atoms with Crippen LogP contribution >= 0.6 is 0 Å². The molecule has 6 heteroatoms. The Morgan fingerprint density at radius 3 is 0.659 bits per heavy atom. The minimum atomic E-state index is 1.16. The minimum absolute atomic E-state index is 1.16. The van der Waals surface area contributed by atoms with E-state index >= 15 is 0 Å². The molecule has 0 N–H and O–H groups in total. The fourth-order valence-electron chi connectivity index (χ4n) is 21.2. The number of para-hydroxylation sites is 8. The van der Waals surface area contributed by atoms with E-state index in [-0.39, 0.29) is 0 Å². The van der Waals surface area contributed by atoms with Crippen LogP contribution in [0.15, 0.2) is 497 Å². The summed E-state index contributed by atoms with van der Waals surface area (Å²) in [7, 11) is 0. The second-order valence-corrected chi connectivity index (χ2v) is 34.7. The van der Waals surface area contributed by atoms with E-state index in [2.05, 4.69) is 525 Å². The van der Waals surface area contributed by atoms with Crippen molar-refractivity contribution in [1.82, 2.24) is 27.4 Å². The number of fused-ring (bicyclic) bond motifs is 21. The van der Waals surface area contributed by atoms with E-state index < -0.39 is 0 Å². The van der Waals surface area contributed by atoms with Crippen molar-refractivity contribution in [2.24, 2.45) is 0 Å². The number of nitrogens with zero attached hydrogens (tertiary/aromatic N) is 6. The molecule has 616 valence electrons. The van der Waals surface area contributed by atoms with Gasteiger partial charge in [0.15, 0.2) is 0 Å². The monoisotopic (exact) mass is 1680 g/mol. The van der Waals surface area contributed by atoms with Gasteiger partial charge in [0.1, 0.15) is 0 Å². The lowest BCUT2D eigenvalue weighted by Gasteiger charge is -2.12. The van der Waals surface area contributed by atoms with E-state index in [1.165, 1.54) is 236 Å². The highest BCUT2D eigenvalue weighted by Gasteiger charge is 2.23. The molecule has 0 atom stereocenters. The summed E-state index contributed by atoms with van der Waals surface area (Å²) in [6.45, 7) is 0. The van der Waals surface area contributed by atoms with Crippen molar-refractivity contribution in [2.45, 2.75) is 0 Å². The molecule has 0 spiro atoms. The summed E-state index contributed by atoms with van der Waals surface area (Å²) in [6.07, 6.45) is 0. The zero-order valence-corrected chi connectivity index (χ0v) is 72.0.